The summed E-state index contributed by atoms with van der Waals surface area (Å²) in [5.41, 5.74) is 6.20. The second-order valence-corrected chi connectivity index (χ2v) is 8.23. The molecule has 2 fully saturated rings. The predicted octanol–water partition coefficient (Wildman–Crippen LogP) is 1.71. The van der Waals surface area contributed by atoms with E-state index in [1.807, 2.05) is 0 Å². The van der Waals surface area contributed by atoms with Gasteiger partial charge in [-0.15, -0.1) is 0 Å². The Morgan fingerprint density at radius 3 is 2.40 bits per heavy atom. The summed E-state index contributed by atoms with van der Waals surface area (Å²) in [5, 5.41) is 9.78. The molecule has 0 aliphatic carbocycles. The first-order valence-corrected chi connectivity index (χ1v) is 8.89. The first kappa shape index (κ1) is 14.3. The summed E-state index contributed by atoms with van der Waals surface area (Å²) < 4.78 is 27.9. The number of aliphatic hydroxyl groups excluding tert-OH is 1. The van der Waals surface area contributed by atoms with Crippen LogP contribution in [0, 0.1) is 0 Å². The van der Waals surface area contributed by atoms with Crippen LogP contribution in [0.5, 0.6) is 0 Å². The number of fused-ring (bicyclic) bond motifs is 2. The van der Waals surface area contributed by atoms with Crippen LogP contribution in [-0.4, -0.2) is 36.0 Å². The number of nitrogen functional groups attached to an aromatic ring is 1. The van der Waals surface area contributed by atoms with Crippen LogP contribution in [0.3, 0.4) is 0 Å². The fourth-order valence-corrected chi connectivity index (χ4v) is 5.48. The van der Waals surface area contributed by atoms with Crippen molar-refractivity contribution in [2.75, 3.05) is 5.73 Å². The number of hydrogen-bond acceptors (Lipinski definition) is 4. The van der Waals surface area contributed by atoms with E-state index in [0.717, 1.165) is 12.8 Å². The summed E-state index contributed by atoms with van der Waals surface area (Å²) in [4.78, 5) is 0.228. The Bertz CT molecular complexity index is 621. The molecule has 0 saturated carbocycles. The second-order valence-electron chi connectivity index (χ2n) is 5.53. The molecular weight excluding hydrogens is 344 g/mol. The van der Waals surface area contributed by atoms with E-state index in [1.54, 1.807) is 16.4 Å². The molecule has 5 nitrogen and oxygen atoms in total. The van der Waals surface area contributed by atoms with E-state index in [0.29, 0.717) is 23.0 Å². The SMILES string of the molecule is Nc1cc(S(=O)(=O)N2C3CCC2CC(O)C3)ccc1Br. The van der Waals surface area contributed by atoms with Crippen LogP contribution in [0.25, 0.3) is 0 Å². The molecule has 0 aromatic heterocycles. The highest BCUT2D eigenvalue weighted by atomic mass is 79.9. The summed E-state index contributed by atoms with van der Waals surface area (Å²) in [6.45, 7) is 0. The molecule has 7 heteroatoms. The molecule has 2 bridgehead atoms. The summed E-state index contributed by atoms with van der Waals surface area (Å²) in [5.74, 6) is 0. The molecule has 0 spiro atoms. The van der Waals surface area contributed by atoms with E-state index in [2.05, 4.69) is 15.9 Å². The Morgan fingerprint density at radius 2 is 1.85 bits per heavy atom. The normalized spacial score (nSPS) is 30.6. The maximum Gasteiger partial charge on any atom is 0.243 e. The summed E-state index contributed by atoms with van der Waals surface area (Å²) in [6.07, 6.45) is 2.33. The van der Waals surface area contributed by atoms with Crippen LogP contribution in [0.1, 0.15) is 25.7 Å². The smallest absolute Gasteiger partial charge is 0.243 e. The van der Waals surface area contributed by atoms with E-state index >= 15 is 0 Å². The Balaban J connectivity index is 1.98. The average Bonchev–Trinajstić information content (AvgIpc) is 2.66. The van der Waals surface area contributed by atoms with Crippen LogP contribution in [0.15, 0.2) is 27.6 Å². The largest absolute Gasteiger partial charge is 0.398 e. The zero-order valence-corrected chi connectivity index (χ0v) is 13.3. The minimum atomic E-state index is -3.54. The van der Waals surface area contributed by atoms with Gasteiger partial charge in [-0.2, -0.15) is 4.31 Å². The molecule has 0 radical (unpaired) electrons. The number of hydrogen-bond donors (Lipinski definition) is 2. The molecule has 20 heavy (non-hydrogen) atoms. The number of anilines is 1. The van der Waals surface area contributed by atoms with Gasteiger partial charge in [0.15, 0.2) is 0 Å². The van der Waals surface area contributed by atoms with Crippen molar-refractivity contribution in [1.82, 2.24) is 4.31 Å². The molecule has 2 saturated heterocycles. The lowest BCUT2D eigenvalue weighted by Crippen LogP contribution is -2.47. The first-order valence-electron chi connectivity index (χ1n) is 6.66. The van der Waals surface area contributed by atoms with Crippen molar-refractivity contribution in [3.05, 3.63) is 22.7 Å². The van der Waals surface area contributed by atoms with Crippen molar-refractivity contribution in [2.24, 2.45) is 0 Å². The summed E-state index contributed by atoms with van der Waals surface area (Å²) in [7, 11) is -3.54. The topological polar surface area (TPSA) is 83.6 Å². The molecule has 1 aromatic carbocycles. The molecule has 3 rings (SSSR count). The zero-order valence-electron chi connectivity index (χ0n) is 10.9. The van der Waals surface area contributed by atoms with Crippen molar-refractivity contribution < 1.29 is 13.5 Å². The second kappa shape index (κ2) is 4.98. The van der Waals surface area contributed by atoms with Gasteiger partial charge in [0.05, 0.1) is 11.0 Å². The third-order valence-corrected chi connectivity index (χ3v) is 6.91. The average molecular weight is 361 g/mol. The van der Waals surface area contributed by atoms with Crippen LogP contribution >= 0.6 is 15.9 Å². The number of nitrogens with two attached hydrogens (primary N) is 1. The van der Waals surface area contributed by atoms with Crippen molar-refractivity contribution in [1.29, 1.82) is 0 Å². The maximum atomic E-state index is 12.8. The Kier molecular flexibility index (Phi) is 3.56. The quantitative estimate of drug-likeness (QED) is 0.786. The lowest BCUT2D eigenvalue weighted by Gasteiger charge is -2.36. The number of piperidine rings is 1. The number of halogens is 1. The van der Waals surface area contributed by atoms with E-state index in [1.165, 1.54) is 6.07 Å². The van der Waals surface area contributed by atoms with Gasteiger partial charge >= 0.3 is 0 Å². The van der Waals surface area contributed by atoms with Crippen LogP contribution in [0.4, 0.5) is 5.69 Å². The van der Waals surface area contributed by atoms with Crippen LogP contribution < -0.4 is 5.73 Å². The minimum Gasteiger partial charge on any atom is -0.398 e. The van der Waals surface area contributed by atoms with Crippen molar-refractivity contribution in [3.8, 4) is 0 Å². The molecule has 3 N–H and O–H groups in total. The minimum absolute atomic E-state index is 0.0846. The highest BCUT2D eigenvalue weighted by Gasteiger charge is 2.46. The number of benzene rings is 1. The molecule has 1 aromatic rings. The summed E-state index contributed by atoms with van der Waals surface area (Å²) >= 11 is 3.27. The molecule has 2 aliphatic rings. The van der Waals surface area contributed by atoms with Crippen molar-refractivity contribution in [3.63, 3.8) is 0 Å². The van der Waals surface area contributed by atoms with E-state index in [9.17, 15) is 13.5 Å². The molecule has 0 amide bonds. The number of nitrogens with zero attached hydrogens (tertiary/aromatic N) is 1. The number of rotatable bonds is 2. The lowest BCUT2D eigenvalue weighted by molar-refractivity contribution is 0.0769. The van der Waals surface area contributed by atoms with Gasteiger partial charge in [-0.1, -0.05) is 0 Å². The van der Waals surface area contributed by atoms with Crippen molar-refractivity contribution in [2.45, 2.75) is 48.8 Å². The third-order valence-electron chi connectivity index (χ3n) is 4.18. The maximum absolute atomic E-state index is 12.8. The zero-order chi connectivity index (χ0) is 14.5. The van der Waals surface area contributed by atoms with Gasteiger partial charge in [0, 0.05) is 22.2 Å². The van der Waals surface area contributed by atoms with Gasteiger partial charge in [0.1, 0.15) is 0 Å². The van der Waals surface area contributed by atoms with E-state index in [4.69, 9.17) is 5.73 Å². The standard InChI is InChI=1S/C13H17BrN2O3S/c14-12-4-3-11(7-13(12)15)20(18,19)16-8-1-2-9(16)6-10(17)5-8/h3-4,7-10,17H,1-2,5-6,15H2. The van der Waals surface area contributed by atoms with Gasteiger partial charge in [-0.05, 0) is 59.8 Å². The molecule has 2 atom stereocenters. The third kappa shape index (κ3) is 2.26. The fraction of sp³-hybridized carbons (Fsp3) is 0.538. The Morgan fingerprint density at radius 1 is 1.25 bits per heavy atom. The molecule has 110 valence electrons. The Hall–Kier alpha value is -0.630. The molecular formula is C13H17BrN2O3S. The van der Waals surface area contributed by atoms with Gasteiger partial charge < -0.3 is 10.8 Å². The van der Waals surface area contributed by atoms with Gasteiger partial charge in [0.2, 0.25) is 10.0 Å². The molecule has 2 heterocycles. The van der Waals surface area contributed by atoms with E-state index in [-0.39, 0.29) is 23.1 Å². The summed E-state index contributed by atoms with van der Waals surface area (Å²) in [6, 6.07) is 4.55. The lowest BCUT2D eigenvalue weighted by atomic mass is 10.0. The molecule has 2 unspecified atom stereocenters. The van der Waals surface area contributed by atoms with Gasteiger partial charge in [-0.3, -0.25) is 0 Å². The highest BCUT2D eigenvalue weighted by Crippen LogP contribution is 2.40. The van der Waals surface area contributed by atoms with E-state index < -0.39 is 10.0 Å². The number of sulfonamides is 1. The number of aliphatic hydroxyl groups is 1. The monoisotopic (exact) mass is 360 g/mol. The van der Waals surface area contributed by atoms with Crippen molar-refractivity contribution >= 4 is 31.6 Å². The predicted molar refractivity (Wildman–Crippen MR) is 79.6 cm³/mol. The van der Waals surface area contributed by atoms with Gasteiger partial charge in [-0.25, -0.2) is 8.42 Å². The first-order chi connectivity index (χ1) is 9.39. The van der Waals surface area contributed by atoms with Crippen LogP contribution in [-0.2, 0) is 10.0 Å². The Labute approximate surface area is 126 Å². The highest BCUT2D eigenvalue weighted by molar-refractivity contribution is 9.10. The fourth-order valence-electron chi connectivity index (χ4n) is 3.30. The van der Waals surface area contributed by atoms with Crippen LogP contribution in [0.2, 0.25) is 0 Å². The molecule has 2 aliphatic heterocycles. The van der Waals surface area contributed by atoms with Gasteiger partial charge in [0.25, 0.3) is 0 Å².